The normalized spacial score (nSPS) is 12.2. The Morgan fingerprint density at radius 2 is 2.37 bits per heavy atom. The smallest absolute Gasteiger partial charge is 0.381 e. The Morgan fingerprint density at radius 3 is 2.89 bits per heavy atom. The Bertz CT molecular complexity index is 458. The van der Waals surface area contributed by atoms with Crippen LogP contribution in [0.3, 0.4) is 0 Å². The van der Waals surface area contributed by atoms with E-state index in [0.717, 1.165) is 0 Å². The number of nitro groups is 1. The van der Waals surface area contributed by atoms with E-state index < -0.39 is 11.0 Å². The second-order valence-electron chi connectivity index (χ2n) is 4.23. The van der Waals surface area contributed by atoms with Crippen molar-refractivity contribution < 1.29 is 14.8 Å². The van der Waals surface area contributed by atoms with Gasteiger partial charge >= 0.3 is 5.82 Å². The van der Waals surface area contributed by atoms with Gasteiger partial charge in [0.1, 0.15) is 12.7 Å². The molecule has 8 nitrogen and oxygen atoms in total. The highest BCUT2D eigenvalue weighted by atomic mass is 16.6. The van der Waals surface area contributed by atoms with E-state index in [1.54, 1.807) is 6.92 Å². The molecule has 1 aromatic rings. The maximum absolute atomic E-state index is 11.6. The summed E-state index contributed by atoms with van der Waals surface area (Å²) in [7, 11) is 0. The van der Waals surface area contributed by atoms with Crippen LogP contribution in [0, 0.1) is 17.0 Å². The van der Waals surface area contributed by atoms with E-state index >= 15 is 0 Å². The Kier molecular flexibility index (Phi) is 5.43. The molecule has 2 N–H and O–H groups in total. The van der Waals surface area contributed by atoms with Crippen LogP contribution in [-0.2, 0) is 11.3 Å². The van der Waals surface area contributed by atoms with Gasteiger partial charge in [0.05, 0.1) is 6.10 Å². The van der Waals surface area contributed by atoms with Crippen molar-refractivity contribution in [1.82, 2.24) is 14.9 Å². The molecule has 0 aromatic carbocycles. The Balaban J connectivity index is 2.46. The van der Waals surface area contributed by atoms with Gasteiger partial charge in [0.25, 0.3) is 0 Å². The van der Waals surface area contributed by atoms with Crippen molar-refractivity contribution in [2.75, 3.05) is 6.54 Å². The van der Waals surface area contributed by atoms with Crippen molar-refractivity contribution in [2.45, 2.75) is 39.3 Å². The summed E-state index contributed by atoms with van der Waals surface area (Å²) in [5.74, 6) is -0.124. The first-order valence-electron chi connectivity index (χ1n) is 6.07. The van der Waals surface area contributed by atoms with Crippen LogP contribution in [0.4, 0.5) is 5.82 Å². The summed E-state index contributed by atoms with van der Waals surface area (Å²) in [6, 6.07) is 0. The largest absolute Gasteiger partial charge is 0.393 e. The van der Waals surface area contributed by atoms with Crippen LogP contribution in [0.1, 0.15) is 25.6 Å². The van der Waals surface area contributed by atoms with Crippen LogP contribution in [0.15, 0.2) is 6.20 Å². The molecule has 0 bridgehead atoms. The average Bonchev–Trinajstić information content (AvgIpc) is 2.71. The van der Waals surface area contributed by atoms with Crippen LogP contribution >= 0.6 is 0 Å². The van der Waals surface area contributed by atoms with Gasteiger partial charge in [-0.05, 0) is 22.7 Å². The Labute approximate surface area is 110 Å². The quantitative estimate of drug-likeness (QED) is 0.549. The molecule has 1 atom stereocenters. The fraction of sp³-hybridized carbons (Fsp3) is 0.636. The summed E-state index contributed by atoms with van der Waals surface area (Å²) >= 11 is 0. The highest BCUT2D eigenvalue weighted by Gasteiger charge is 2.16. The second-order valence-corrected chi connectivity index (χ2v) is 4.23. The van der Waals surface area contributed by atoms with Crippen LogP contribution in [-0.4, -0.2) is 38.1 Å². The minimum Gasteiger partial charge on any atom is -0.393 e. The number of aryl methyl sites for hydroxylation is 1. The lowest BCUT2D eigenvalue weighted by atomic mass is 10.2. The van der Waals surface area contributed by atoms with Gasteiger partial charge in [-0.3, -0.25) is 9.36 Å². The van der Waals surface area contributed by atoms with Crippen molar-refractivity contribution in [3.63, 3.8) is 0 Å². The predicted molar refractivity (Wildman–Crippen MR) is 67.5 cm³/mol. The van der Waals surface area contributed by atoms with Crippen molar-refractivity contribution in [3.05, 3.63) is 22.1 Å². The number of nitrogens with one attached hydrogen (secondary N) is 1. The van der Waals surface area contributed by atoms with Gasteiger partial charge in [-0.25, -0.2) is 0 Å². The van der Waals surface area contributed by atoms with Gasteiger partial charge in [-0.2, -0.15) is 0 Å². The van der Waals surface area contributed by atoms with E-state index in [9.17, 15) is 20.0 Å². The molecule has 0 radical (unpaired) electrons. The van der Waals surface area contributed by atoms with Crippen LogP contribution in [0.2, 0.25) is 0 Å². The number of imidazole rings is 1. The number of hydrogen-bond donors (Lipinski definition) is 2. The maximum atomic E-state index is 11.6. The predicted octanol–water partition coefficient (Wildman–Crippen LogP) is 0.377. The molecule has 0 saturated heterocycles. The molecule has 1 heterocycles. The van der Waals surface area contributed by atoms with Crippen LogP contribution < -0.4 is 5.32 Å². The molecule has 0 fully saturated rings. The van der Waals surface area contributed by atoms with E-state index in [1.807, 2.05) is 6.92 Å². The number of carbonyl (C=O) groups excluding carboxylic acids is 1. The van der Waals surface area contributed by atoms with Crippen molar-refractivity contribution in [3.8, 4) is 0 Å². The summed E-state index contributed by atoms with van der Waals surface area (Å²) < 4.78 is 1.42. The Hall–Kier alpha value is -1.96. The molecule has 0 aliphatic carbocycles. The summed E-state index contributed by atoms with van der Waals surface area (Å²) in [5.41, 5.74) is 0. The van der Waals surface area contributed by atoms with Gasteiger partial charge < -0.3 is 20.5 Å². The number of carbonyl (C=O) groups is 1. The number of nitrogens with zero attached hydrogens (tertiary/aromatic N) is 3. The molecule has 1 rings (SSSR count). The zero-order chi connectivity index (χ0) is 14.4. The number of rotatable bonds is 7. The minimum absolute atomic E-state index is 0.0190. The van der Waals surface area contributed by atoms with Crippen LogP contribution in [0.5, 0.6) is 0 Å². The Morgan fingerprint density at radius 1 is 1.68 bits per heavy atom. The molecular formula is C11H18N4O4. The van der Waals surface area contributed by atoms with Gasteiger partial charge in [0.15, 0.2) is 0 Å². The fourth-order valence-corrected chi connectivity index (χ4v) is 1.53. The second kappa shape index (κ2) is 6.83. The SMILES string of the molecule is CCC(O)CCNC(=O)Cn1cc([N+](=O)[O-])nc1C. The summed E-state index contributed by atoms with van der Waals surface area (Å²) in [5, 5.41) is 22.5. The lowest BCUT2D eigenvalue weighted by Gasteiger charge is -2.09. The zero-order valence-corrected chi connectivity index (χ0v) is 11.0. The lowest BCUT2D eigenvalue weighted by molar-refractivity contribution is -0.389. The molecule has 0 aliphatic rings. The molecule has 1 amide bonds. The highest BCUT2D eigenvalue weighted by Crippen LogP contribution is 2.09. The average molecular weight is 270 g/mol. The van der Waals surface area contributed by atoms with E-state index in [-0.39, 0.29) is 18.3 Å². The molecule has 19 heavy (non-hydrogen) atoms. The number of hydrogen-bond acceptors (Lipinski definition) is 5. The fourth-order valence-electron chi connectivity index (χ4n) is 1.53. The van der Waals surface area contributed by atoms with E-state index in [0.29, 0.717) is 25.2 Å². The van der Waals surface area contributed by atoms with Crippen LogP contribution in [0.25, 0.3) is 0 Å². The van der Waals surface area contributed by atoms with E-state index in [4.69, 9.17) is 0 Å². The molecule has 0 saturated carbocycles. The maximum Gasteiger partial charge on any atom is 0.381 e. The molecule has 0 aliphatic heterocycles. The molecule has 0 spiro atoms. The number of aliphatic hydroxyl groups is 1. The van der Waals surface area contributed by atoms with Gasteiger partial charge in [-0.15, -0.1) is 0 Å². The van der Waals surface area contributed by atoms with Crippen molar-refractivity contribution in [1.29, 1.82) is 0 Å². The molecule has 106 valence electrons. The van der Waals surface area contributed by atoms with Gasteiger partial charge in [-0.1, -0.05) is 6.92 Å². The van der Waals surface area contributed by atoms with Crippen molar-refractivity contribution in [2.24, 2.45) is 0 Å². The highest BCUT2D eigenvalue weighted by molar-refractivity contribution is 5.75. The monoisotopic (exact) mass is 270 g/mol. The number of amides is 1. The molecule has 8 heteroatoms. The third-order valence-corrected chi connectivity index (χ3v) is 2.74. The molecule has 1 unspecified atom stereocenters. The van der Waals surface area contributed by atoms with Gasteiger partial charge in [0.2, 0.25) is 11.7 Å². The topological polar surface area (TPSA) is 110 Å². The third kappa shape index (κ3) is 4.66. The first-order valence-corrected chi connectivity index (χ1v) is 6.07. The standard InChI is InChI=1S/C11H18N4O4/c1-3-9(16)4-5-12-11(17)7-14-6-10(15(18)19)13-8(14)2/h6,9,16H,3-5,7H2,1-2H3,(H,12,17). The summed E-state index contributed by atoms with van der Waals surface area (Å²) in [6.07, 6.45) is 1.94. The molecule has 1 aromatic heterocycles. The van der Waals surface area contributed by atoms with Crippen molar-refractivity contribution >= 4 is 11.7 Å². The van der Waals surface area contributed by atoms with Gasteiger partial charge in [0, 0.05) is 13.5 Å². The first kappa shape index (κ1) is 15.1. The minimum atomic E-state index is -0.598. The first-order chi connectivity index (χ1) is 8.93. The summed E-state index contributed by atoms with van der Waals surface area (Å²) in [6.45, 7) is 3.82. The molecular weight excluding hydrogens is 252 g/mol. The third-order valence-electron chi connectivity index (χ3n) is 2.74. The number of aliphatic hydroxyl groups excluding tert-OH is 1. The van der Waals surface area contributed by atoms with E-state index in [1.165, 1.54) is 10.8 Å². The number of aromatic nitrogens is 2. The lowest BCUT2D eigenvalue weighted by Crippen LogP contribution is -2.30. The van der Waals surface area contributed by atoms with E-state index in [2.05, 4.69) is 10.3 Å². The summed E-state index contributed by atoms with van der Waals surface area (Å²) in [4.78, 5) is 25.3. The zero-order valence-electron chi connectivity index (χ0n) is 11.0.